The Kier molecular flexibility index (Phi) is 34.5. The summed E-state index contributed by atoms with van der Waals surface area (Å²) in [5.41, 5.74) is 0. The van der Waals surface area contributed by atoms with E-state index in [1.165, 1.54) is 0 Å². The lowest BCUT2D eigenvalue weighted by atomic mass is 11.0. The van der Waals surface area contributed by atoms with E-state index in [0.29, 0.717) is 18.5 Å². The van der Waals surface area contributed by atoms with E-state index in [1.54, 1.807) is 20.8 Å². The minimum atomic E-state index is -2.12. The lowest BCUT2D eigenvalue weighted by Crippen LogP contribution is -1.56. The number of hydrogen-bond donors (Lipinski definition) is 3. The first kappa shape index (κ1) is 25.8. The normalized spacial score (nSPS) is 13.9. The Balaban J connectivity index is -0.0000000655. The van der Waals surface area contributed by atoms with Gasteiger partial charge in [-0.15, -0.1) is 0 Å². The van der Waals surface area contributed by atoms with Crippen LogP contribution in [0, 0.1) is 0 Å². The smallest absolute Gasteiger partial charge is 0.188 e. The summed E-state index contributed by atoms with van der Waals surface area (Å²) in [6, 6.07) is 0. The molecule has 0 amide bonds. The van der Waals surface area contributed by atoms with Crippen molar-refractivity contribution in [2.45, 2.75) is 20.8 Å². The van der Waals surface area contributed by atoms with Gasteiger partial charge in [0.1, 0.15) is 0 Å². The third-order valence-electron chi connectivity index (χ3n) is 0.907. The molecule has 3 N–H and O–H groups in total. The highest BCUT2D eigenvalue weighted by molar-refractivity contribution is 7.38. The maximum atomic E-state index is 9.55. The Labute approximate surface area is 109 Å². The Bertz CT molecular complexity index is 167. The molecule has 16 heavy (non-hydrogen) atoms. The van der Waals surface area contributed by atoms with E-state index >= 15 is 0 Å². The second-order valence-corrected chi connectivity index (χ2v) is 6.73. The van der Waals surface area contributed by atoms with E-state index in [0.717, 1.165) is 0 Å². The molecule has 0 aliphatic carbocycles. The van der Waals surface area contributed by atoms with Gasteiger partial charge in [0.25, 0.3) is 0 Å². The first-order valence-corrected chi connectivity index (χ1v) is 9.15. The van der Waals surface area contributed by atoms with Crippen molar-refractivity contribution in [1.82, 2.24) is 0 Å². The van der Waals surface area contributed by atoms with Gasteiger partial charge in [-0.05, 0) is 0 Å². The van der Waals surface area contributed by atoms with Crippen LogP contribution in [0.25, 0.3) is 0 Å². The van der Waals surface area contributed by atoms with Gasteiger partial charge in [-0.25, -0.2) is 0 Å². The maximum absolute atomic E-state index is 9.55. The molecule has 3 atom stereocenters. The fourth-order valence-electron chi connectivity index (χ4n) is 0. The van der Waals surface area contributed by atoms with Crippen LogP contribution in [-0.2, 0) is 13.7 Å². The van der Waals surface area contributed by atoms with Crippen molar-refractivity contribution in [3.63, 3.8) is 0 Å². The van der Waals surface area contributed by atoms with Crippen molar-refractivity contribution < 1.29 is 28.4 Å². The molecule has 10 heteroatoms. The summed E-state index contributed by atoms with van der Waals surface area (Å²) in [6.07, 6.45) is 1.22. The molecule has 0 spiro atoms. The van der Waals surface area contributed by atoms with Crippen molar-refractivity contribution in [2.75, 3.05) is 18.5 Å². The van der Waals surface area contributed by atoms with E-state index in [4.69, 9.17) is 14.7 Å². The molecule has 0 rings (SSSR count). The fourth-order valence-corrected chi connectivity index (χ4v) is 0. The molecule has 0 aliphatic rings. The zero-order valence-corrected chi connectivity index (χ0v) is 13.9. The minimum absolute atomic E-state index is 0. The van der Waals surface area contributed by atoms with Gasteiger partial charge in [0, 0.05) is 35.8 Å². The number of hydrogen-bond acceptors (Lipinski definition) is 3. The largest absolute Gasteiger partial charge is 0.346 e. The van der Waals surface area contributed by atoms with Crippen LogP contribution in [0.4, 0.5) is 0 Å². The van der Waals surface area contributed by atoms with Crippen LogP contribution in [0.15, 0.2) is 0 Å². The molecule has 0 aromatic rings. The van der Waals surface area contributed by atoms with Gasteiger partial charge in [0.15, 0.2) is 24.1 Å². The van der Waals surface area contributed by atoms with Gasteiger partial charge < -0.3 is 14.7 Å². The van der Waals surface area contributed by atoms with Gasteiger partial charge in [-0.1, -0.05) is 20.8 Å². The summed E-state index contributed by atoms with van der Waals surface area (Å²) in [5.74, 6) is 0. The molecule has 0 aromatic carbocycles. The summed E-state index contributed by atoms with van der Waals surface area (Å²) in [7, 11) is -6.37. The van der Waals surface area contributed by atoms with Crippen molar-refractivity contribution >= 4 is 41.4 Å². The van der Waals surface area contributed by atoms with Crippen LogP contribution in [0.2, 0.25) is 0 Å². The molecular formula is C6H21AlO6P3. The molecule has 99 valence electrons. The lowest BCUT2D eigenvalue weighted by Gasteiger charge is -1.74. The van der Waals surface area contributed by atoms with Gasteiger partial charge in [-0.2, -0.15) is 0 Å². The SMILES string of the molecule is CC[PH](=O)O.CC[PH](=O)O.CC[PH](=O)O.[Al]. The zero-order chi connectivity index (χ0) is 12.9. The van der Waals surface area contributed by atoms with E-state index in [1.807, 2.05) is 0 Å². The highest BCUT2D eigenvalue weighted by atomic mass is 31.1. The molecule has 0 aliphatic heterocycles. The molecule has 0 heterocycles. The van der Waals surface area contributed by atoms with Crippen LogP contribution in [0.3, 0.4) is 0 Å². The predicted octanol–water partition coefficient (Wildman–Crippen LogP) is 1.04. The molecule has 3 radical (unpaired) electrons. The molecule has 6 nitrogen and oxygen atoms in total. The highest BCUT2D eigenvalue weighted by Crippen LogP contribution is 2.09. The summed E-state index contributed by atoms with van der Waals surface area (Å²) >= 11 is 0. The fraction of sp³-hybridized carbons (Fsp3) is 1.00. The predicted molar refractivity (Wildman–Crippen MR) is 71.0 cm³/mol. The second kappa shape index (κ2) is 21.4. The van der Waals surface area contributed by atoms with Crippen LogP contribution in [-0.4, -0.2) is 50.5 Å². The van der Waals surface area contributed by atoms with Crippen LogP contribution < -0.4 is 0 Å². The summed E-state index contributed by atoms with van der Waals surface area (Å²) in [4.78, 5) is 23.7. The van der Waals surface area contributed by atoms with Crippen molar-refractivity contribution in [3.8, 4) is 0 Å². The van der Waals surface area contributed by atoms with Crippen LogP contribution in [0.5, 0.6) is 0 Å². The molecule has 0 fully saturated rings. The van der Waals surface area contributed by atoms with Gasteiger partial charge in [0.2, 0.25) is 0 Å². The van der Waals surface area contributed by atoms with Crippen molar-refractivity contribution in [2.24, 2.45) is 0 Å². The average molecular weight is 309 g/mol. The van der Waals surface area contributed by atoms with Gasteiger partial charge in [-0.3, -0.25) is 13.7 Å². The molecule has 3 unspecified atom stereocenters. The topological polar surface area (TPSA) is 112 Å². The molecular weight excluding hydrogens is 288 g/mol. The summed E-state index contributed by atoms with van der Waals surface area (Å²) in [5, 5.41) is 0. The molecule has 0 saturated carbocycles. The first-order chi connectivity index (χ1) is 6.81. The van der Waals surface area contributed by atoms with E-state index in [-0.39, 0.29) is 17.4 Å². The van der Waals surface area contributed by atoms with E-state index in [2.05, 4.69) is 0 Å². The summed E-state index contributed by atoms with van der Waals surface area (Å²) < 4.78 is 28.7. The maximum Gasteiger partial charge on any atom is 0.188 e. The highest BCUT2D eigenvalue weighted by Gasteiger charge is 1.76. The lowest BCUT2D eigenvalue weighted by molar-refractivity contribution is 0.503. The van der Waals surface area contributed by atoms with Gasteiger partial charge >= 0.3 is 0 Å². The van der Waals surface area contributed by atoms with E-state index < -0.39 is 24.1 Å². The Morgan fingerprint density at radius 2 is 0.750 bits per heavy atom. The van der Waals surface area contributed by atoms with Crippen LogP contribution >= 0.6 is 24.1 Å². The standard InChI is InChI=1S/3C2H7O2P.Al/c3*1-2-5(3)4;/h3*5H,2H2,1H3,(H,3,4);. The summed E-state index contributed by atoms with van der Waals surface area (Å²) in [6.45, 7) is 5.05. The molecule has 0 aromatic heterocycles. The monoisotopic (exact) mass is 309 g/mol. The average Bonchev–Trinajstić information content (AvgIpc) is 2.19. The first-order valence-electron chi connectivity index (χ1n) is 4.47. The quantitative estimate of drug-likeness (QED) is 0.530. The second-order valence-electron chi connectivity index (χ2n) is 2.24. The van der Waals surface area contributed by atoms with Crippen LogP contribution in [0.1, 0.15) is 20.8 Å². The Hall–Kier alpha value is 1.10. The third kappa shape index (κ3) is 59.5. The molecule has 0 bridgehead atoms. The van der Waals surface area contributed by atoms with Crippen molar-refractivity contribution in [3.05, 3.63) is 0 Å². The zero-order valence-electron chi connectivity index (χ0n) is 9.77. The number of rotatable bonds is 3. The van der Waals surface area contributed by atoms with E-state index in [9.17, 15) is 13.7 Å². The Morgan fingerprint density at radius 3 is 0.750 bits per heavy atom. The Morgan fingerprint density at radius 1 is 0.688 bits per heavy atom. The minimum Gasteiger partial charge on any atom is -0.346 e. The third-order valence-corrected chi connectivity index (χ3v) is 2.72. The van der Waals surface area contributed by atoms with Gasteiger partial charge in [0.05, 0.1) is 0 Å². The van der Waals surface area contributed by atoms with Crippen molar-refractivity contribution in [1.29, 1.82) is 0 Å². The molecule has 0 saturated heterocycles.